The summed E-state index contributed by atoms with van der Waals surface area (Å²) in [6.07, 6.45) is 0.637. The molecular formula is C22H26NO5P. The molecule has 3 aromatic rings. The number of nitrogens with zero attached hydrogens (tertiary/aromatic N) is 1. The van der Waals surface area contributed by atoms with Crippen molar-refractivity contribution >= 4 is 18.6 Å². The van der Waals surface area contributed by atoms with Crippen LogP contribution in [0.2, 0.25) is 0 Å². The van der Waals surface area contributed by atoms with Gasteiger partial charge in [-0.05, 0) is 11.5 Å². The van der Waals surface area contributed by atoms with Gasteiger partial charge in [0.15, 0.2) is 6.73 Å². The first-order chi connectivity index (χ1) is 13.8. The van der Waals surface area contributed by atoms with Crippen LogP contribution in [0.15, 0.2) is 72.8 Å². The Hall–Kier alpha value is -2.21. The van der Waals surface area contributed by atoms with E-state index in [9.17, 15) is 9.46 Å². The van der Waals surface area contributed by atoms with Crippen molar-refractivity contribution in [1.82, 2.24) is 0 Å². The molecule has 0 aliphatic heterocycles. The van der Waals surface area contributed by atoms with Crippen molar-refractivity contribution in [3.8, 4) is 5.75 Å². The Morgan fingerprint density at radius 2 is 1.66 bits per heavy atom. The van der Waals surface area contributed by atoms with Gasteiger partial charge in [-0.3, -0.25) is 13.6 Å². The van der Waals surface area contributed by atoms with E-state index in [4.69, 9.17) is 14.2 Å². The minimum Gasteiger partial charge on any atom is -0.756 e. The first-order valence-corrected chi connectivity index (χ1v) is 10.9. The lowest BCUT2D eigenvalue weighted by Gasteiger charge is -2.38. The molecule has 0 heterocycles. The van der Waals surface area contributed by atoms with Crippen LogP contribution in [0.5, 0.6) is 5.75 Å². The number of phosphoric ester groups is 1. The van der Waals surface area contributed by atoms with Gasteiger partial charge in [-0.15, -0.1) is 0 Å². The van der Waals surface area contributed by atoms with E-state index >= 15 is 0 Å². The fraction of sp³-hybridized carbons (Fsp3) is 0.273. The molecule has 3 rings (SSSR count). The van der Waals surface area contributed by atoms with Gasteiger partial charge in [0.25, 0.3) is 7.82 Å². The third kappa shape index (κ3) is 5.89. The maximum atomic E-state index is 11.1. The molecular weight excluding hydrogens is 389 g/mol. The van der Waals surface area contributed by atoms with Crippen LogP contribution in [-0.4, -0.2) is 36.8 Å². The van der Waals surface area contributed by atoms with E-state index in [0.29, 0.717) is 13.0 Å². The summed E-state index contributed by atoms with van der Waals surface area (Å²) in [7, 11) is -1.06. The van der Waals surface area contributed by atoms with Crippen molar-refractivity contribution in [1.29, 1.82) is 0 Å². The highest BCUT2D eigenvalue weighted by molar-refractivity contribution is 7.44. The van der Waals surface area contributed by atoms with E-state index in [-0.39, 0.29) is 17.3 Å². The molecule has 1 unspecified atom stereocenters. The SMILES string of the molecule is C[N+](C)(COP(=O)([O-])O)[C@@H](CCOc1cccc2ccccc12)c1ccccc1. The number of hydrogen-bond acceptors (Lipinski definition) is 4. The second kappa shape index (κ2) is 9.08. The molecule has 0 saturated carbocycles. The highest BCUT2D eigenvalue weighted by Gasteiger charge is 2.31. The van der Waals surface area contributed by atoms with Gasteiger partial charge < -0.3 is 14.5 Å². The standard InChI is InChI=1S/C22H26NO5P/c1-23(2,17-28-29(24,25)26)21(19-10-4-3-5-11-19)15-16-27-22-14-8-12-18-9-6-7-13-20(18)22/h3-14,21H,15-17H2,1-2H3,(H-,24,25,26)/t21-/m0/s1. The summed E-state index contributed by atoms with van der Waals surface area (Å²) >= 11 is 0. The average molecular weight is 415 g/mol. The molecule has 29 heavy (non-hydrogen) atoms. The van der Waals surface area contributed by atoms with Crippen molar-refractivity contribution in [3.63, 3.8) is 0 Å². The Morgan fingerprint density at radius 3 is 2.38 bits per heavy atom. The minimum absolute atomic E-state index is 0.0854. The number of hydrogen-bond donors (Lipinski definition) is 1. The summed E-state index contributed by atoms with van der Waals surface area (Å²) in [5, 5.41) is 2.17. The second-order valence-corrected chi connectivity index (χ2v) is 8.74. The van der Waals surface area contributed by atoms with Gasteiger partial charge in [-0.2, -0.15) is 0 Å². The van der Waals surface area contributed by atoms with Crippen LogP contribution in [-0.2, 0) is 9.09 Å². The average Bonchev–Trinajstić information content (AvgIpc) is 2.70. The van der Waals surface area contributed by atoms with Crippen LogP contribution in [0.25, 0.3) is 10.8 Å². The molecule has 0 bridgehead atoms. The summed E-state index contributed by atoms with van der Waals surface area (Å²) in [6, 6.07) is 23.7. The third-order valence-corrected chi connectivity index (χ3v) is 5.42. The monoisotopic (exact) mass is 415 g/mol. The van der Waals surface area contributed by atoms with Gasteiger partial charge in [0, 0.05) is 17.4 Å². The first-order valence-electron chi connectivity index (χ1n) is 9.43. The molecule has 6 nitrogen and oxygen atoms in total. The summed E-state index contributed by atoms with van der Waals surface area (Å²) in [5.41, 5.74) is 1.04. The molecule has 154 valence electrons. The molecule has 1 N–H and O–H groups in total. The minimum atomic E-state index is -4.79. The number of benzene rings is 3. The lowest BCUT2D eigenvalue weighted by atomic mass is 10.0. The molecule has 0 amide bonds. The van der Waals surface area contributed by atoms with Gasteiger partial charge in [0.2, 0.25) is 0 Å². The van der Waals surface area contributed by atoms with Crippen LogP contribution >= 0.6 is 7.82 Å². The summed E-state index contributed by atoms with van der Waals surface area (Å²) in [4.78, 5) is 20.1. The Morgan fingerprint density at radius 1 is 1.00 bits per heavy atom. The zero-order chi connectivity index (χ0) is 20.9. The predicted octanol–water partition coefficient (Wildman–Crippen LogP) is 3.86. The fourth-order valence-corrected chi connectivity index (χ4v) is 3.95. The van der Waals surface area contributed by atoms with E-state index in [1.807, 2.05) is 86.9 Å². The Bertz CT molecular complexity index is 981. The van der Waals surface area contributed by atoms with Crippen molar-refractivity contribution in [2.45, 2.75) is 12.5 Å². The summed E-state index contributed by atoms with van der Waals surface area (Å²) < 4.78 is 22.1. The molecule has 0 fully saturated rings. The zero-order valence-electron chi connectivity index (χ0n) is 16.6. The number of rotatable bonds is 9. The first kappa shape index (κ1) is 21.5. The molecule has 2 atom stereocenters. The van der Waals surface area contributed by atoms with E-state index in [1.165, 1.54) is 0 Å². The maximum absolute atomic E-state index is 11.1. The molecule has 3 aromatic carbocycles. The quantitative estimate of drug-likeness (QED) is 0.326. The smallest absolute Gasteiger partial charge is 0.269 e. The molecule has 0 aliphatic carbocycles. The number of fused-ring (bicyclic) bond motifs is 1. The topological polar surface area (TPSA) is 78.8 Å². The lowest BCUT2D eigenvalue weighted by Crippen LogP contribution is -2.45. The van der Waals surface area contributed by atoms with Crippen molar-refractivity contribution in [2.24, 2.45) is 0 Å². The van der Waals surface area contributed by atoms with Crippen LogP contribution in [0.3, 0.4) is 0 Å². The Balaban J connectivity index is 1.76. The largest absolute Gasteiger partial charge is 0.756 e. The molecule has 7 heteroatoms. The van der Waals surface area contributed by atoms with Crippen LogP contribution in [0.4, 0.5) is 0 Å². The zero-order valence-corrected chi connectivity index (χ0v) is 17.5. The maximum Gasteiger partial charge on any atom is 0.269 e. The molecule has 0 saturated heterocycles. The van der Waals surface area contributed by atoms with Crippen molar-refractivity contribution < 1.29 is 28.1 Å². The molecule has 0 aliphatic rings. The van der Waals surface area contributed by atoms with E-state index < -0.39 is 7.82 Å². The Kier molecular flexibility index (Phi) is 6.73. The van der Waals surface area contributed by atoms with Crippen LogP contribution in [0, 0.1) is 0 Å². The van der Waals surface area contributed by atoms with Gasteiger partial charge >= 0.3 is 0 Å². The number of ether oxygens (including phenoxy) is 1. The predicted molar refractivity (Wildman–Crippen MR) is 111 cm³/mol. The second-order valence-electron chi connectivity index (χ2n) is 7.55. The number of quaternary nitrogens is 1. The molecule has 0 spiro atoms. The van der Waals surface area contributed by atoms with E-state index in [0.717, 1.165) is 22.1 Å². The van der Waals surface area contributed by atoms with Gasteiger partial charge in [-0.25, -0.2) is 0 Å². The van der Waals surface area contributed by atoms with Crippen molar-refractivity contribution in [3.05, 3.63) is 78.4 Å². The fourth-order valence-electron chi connectivity index (χ4n) is 3.51. The van der Waals surface area contributed by atoms with Crippen LogP contribution in [0.1, 0.15) is 18.0 Å². The molecule has 0 radical (unpaired) electrons. The highest BCUT2D eigenvalue weighted by atomic mass is 31.2. The number of phosphoric acid groups is 1. The summed E-state index contributed by atoms with van der Waals surface area (Å²) in [6.45, 7) is 0.272. The van der Waals surface area contributed by atoms with Gasteiger partial charge in [-0.1, -0.05) is 66.7 Å². The normalized spacial score (nSPS) is 15.0. The van der Waals surface area contributed by atoms with Crippen molar-refractivity contribution in [2.75, 3.05) is 27.4 Å². The molecule has 0 aromatic heterocycles. The Labute approximate surface area is 171 Å². The summed E-state index contributed by atoms with van der Waals surface area (Å²) in [5.74, 6) is 0.816. The third-order valence-electron chi connectivity index (χ3n) is 4.98. The highest BCUT2D eigenvalue weighted by Crippen LogP contribution is 2.35. The lowest BCUT2D eigenvalue weighted by molar-refractivity contribution is -0.936. The van der Waals surface area contributed by atoms with Gasteiger partial charge in [0.1, 0.15) is 11.8 Å². The van der Waals surface area contributed by atoms with E-state index in [1.54, 1.807) is 0 Å². The van der Waals surface area contributed by atoms with E-state index in [2.05, 4.69) is 0 Å². The van der Waals surface area contributed by atoms with Gasteiger partial charge in [0.05, 0.1) is 20.7 Å². The van der Waals surface area contributed by atoms with Crippen LogP contribution < -0.4 is 9.63 Å².